The summed E-state index contributed by atoms with van der Waals surface area (Å²) in [5, 5.41) is 0. The lowest BCUT2D eigenvalue weighted by atomic mass is 10.1. The van der Waals surface area contributed by atoms with Gasteiger partial charge in [0.15, 0.2) is 0 Å². The van der Waals surface area contributed by atoms with Crippen LogP contribution in [0.15, 0.2) is 85.2 Å². The second-order valence-electron chi connectivity index (χ2n) is 5.67. The first-order valence-electron chi connectivity index (χ1n) is 7.99. The minimum atomic E-state index is 0.759. The molecule has 2 heterocycles. The van der Waals surface area contributed by atoms with Crippen LogP contribution in [0.1, 0.15) is 11.4 Å². The highest BCUT2D eigenvalue weighted by molar-refractivity contribution is 5.78. The molecule has 0 saturated heterocycles. The van der Waals surface area contributed by atoms with Crippen LogP contribution in [0.4, 0.5) is 0 Å². The number of rotatable bonds is 4. The molecule has 0 aliphatic heterocycles. The van der Waals surface area contributed by atoms with Gasteiger partial charge in [-0.15, -0.1) is 0 Å². The van der Waals surface area contributed by atoms with E-state index in [2.05, 4.69) is 34.2 Å². The molecule has 4 aromatic rings. The first-order chi connectivity index (χ1) is 11.9. The lowest BCUT2D eigenvalue weighted by Crippen LogP contribution is -1.90. The number of pyridine rings is 1. The lowest BCUT2D eigenvalue weighted by Gasteiger charge is -2.02. The molecule has 2 aromatic heterocycles. The molecule has 0 fully saturated rings. The van der Waals surface area contributed by atoms with Crippen molar-refractivity contribution in [2.24, 2.45) is 0 Å². The van der Waals surface area contributed by atoms with Gasteiger partial charge in [-0.2, -0.15) is 0 Å². The van der Waals surface area contributed by atoms with E-state index in [9.17, 15) is 0 Å². The Balaban J connectivity index is 1.79. The highest BCUT2D eigenvalue weighted by Crippen LogP contribution is 2.30. The van der Waals surface area contributed by atoms with Crippen molar-refractivity contribution in [1.29, 1.82) is 0 Å². The molecule has 0 aliphatic rings. The Morgan fingerprint density at radius 3 is 2.00 bits per heavy atom. The quantitative estimate of drug-likeness (QED) is 0.592. The van der Waals surface area contributed by atoms with E-state index in [1.807, 2.05) is 60.9 Å². The molecule has 0 saturated carbocycles. The standard InChI is InChI=1S/C21H17N3/c1-3-7-17(8-4-1)20-21(18-9-5-2-6-10-18)24-19(23-20)15-16-11-13-22-14-12-16/h1-14H,15H2,(H,23,24). The number of aromatic nitrogens is 3. The van der Waals surface area contributed by atoms with Crippen LogP contribution in [0.3, 0.4) is 0 Å². The van der Waals surface area contributed by atoms with E-state index in [-0.39, 0.29) is 0 Å². The molecule has 0 unspecified atom stereocenters. The summed E-state index contributed by atoms with van der Waals surface area (Å²) in [6.45, 7) is 0. The van der Waals surface area contributed by atoms with Crippen LogP contribution in [0.5, 0.6) is 0 Å². The topological polar surface area (TPSA) is 41.6 Å². The summed E-state index contributed by atoms with van der Waals surface area (Å²) in [5.41, 5.74) is 5.51. The Bertz CT molecular complexity index is 856. The van der Waals surface area contributed by atoms with Crippen LogP contribution in [-0.4, -0.2) is 15.0 Å². The Kier molecular flexibility index (Phi) is 3.90. The van der Waals surface area contributed by atoms with Gasteiger partial charge in [0.1, 0.15) is 5.82 Å². The molecular weight excluding hydrogens is 294 g/mol. The molecule has 24 heavy (non-hydrogen) atoms. The Morgan fingerprint density at radius 2 is 1.33 bits per heavy atom. The summed E-state index contributed by atoms with van der Waals surface area (Å²) in [7, 11) is 0. The highest BCUT2D eigenvalue weighted by Gasteiger charge is 2.14. The van der Waals surface area contributed by atoms with E-state index in [4.69, 9.17) is 4.98 Å². The van der Waals surface area contributed by atoms with Gasteiger partial charge in [0, 0.05) is 29.9 Å². The number of nitrogens with zero attached hydrogens (tertiary/aromatic N) is 2. The molecule has 4 rings (SSSR count). The Hall–Kier alpha value is -3.20. The maximum atomic E-state index is 4.88. The van der Waals surface area contributed by atoms with E-state index in [1.54, 1.807) is 0 Å². The molecule has 0 radical (unpaired) electrons. The molecule has 3 nitrogen and oxygen atoms in total. The van der Waals surface area contributed by atoms with Crippen LogP contribution in [0.2, 0.25) is 0 Å². The smallest absolute Gasteiger partial charge is 0.111 e. The molecule has 0 amide bonds. The average Bonchev–Trinajstić information content (AvgIpc) is 3.08. The van der Waals surface area contributed by atoms with Crippen LogP contribution in [0, 0.1) is 0 Å². The molecule has 3 heteroatoms. The van der Waals surface area contributed by atoms with E-state index in [0.29, 0.717) is 0 Å². The molecule has 0 bridgehead atoms. The van der Waals surface area contributed by atoms with Gasteiger partial charge in [0.25, 0.3) is 0 Å². The van der Waals surface area contributed by atoms with Gasteiger partial charge in [-0.25, -0.2) is 4.98 Å². The minimum Gasteiger partial charge on any atom is -0.341 e. The predicted octanol–water partition coefficient (Wildman–Crippen LogP) is 4.73. The van der Waals surface area contributed by atoms with Crippen molar-refractivity contribution < 1.29 is 0 Å². The fourth-order valence-electron chi connectivity index (χ4n) is 2.82. The summed E-state index contributed by atoms with van der Waals surface area (Å²) in [6.07, 6.45) is 4.39. The third-order valence-electron chi connectivity index (χ3n) is 3.98. The zero-order valence-electron chi connectivity index (χ0n) is 13.2. The number of nitrogens with one attached hydrogen (secondary N) is 1. The van der Waals surface area contributed by atoms with E-state index < -0.39 is 0 Å². The van der Waals surface area contributed by atoms with Crippen molar-refractivity contribution in [3.63, 3.8) is 0 Å². The molecule has 0 spiro atoms. The number of hydrogen-bond acceptors (Lipinski definition) is 2. The van der Waals surface area contributed by atoms with Gasteiger partial charge in [0.2, 0.25) is 0 Å². The van der Waals surface area contributed by atoms with Gasteiger partial charge in [0.05, 0.1) is 11.4 Å². The van der Waals surface area contributed by atoms with Crippen LogP contribution >= 0.6 is 0 Å². The first-order valence-corrected chi connectivity index (χ1v) is 7.99. The average molecular weight is 311 g/mol. The summed E-state index contributed by atoms with van der Waals surface area (Å²) < 4.78 is 0. The van der Waals surface area contributed by atoms with Crippen LogP contribution < -0.4 is 0 Å². The first kappa shape index (κ1) is 14.4. The molecule has 2 aromatic carbocycles. The zero-order valence-corrected chi connectivity index (χ0v) is 13.2. The summed E-state index contributed by atoms with van der Waals surface area (Å²) >= 11 is 0. The summed E-state index contributed by atoms with van der Waals surface area (Å²) in [4.78, 5) is 12.5. The molecule has 1 N–H and O–H groups in total. The number of H-pyrrole nitrogens is 1. The van der Waals surface area contributed by atoms with Crippen LogP contribution in [0.25, 0.3) is 22.5 Å². The van der Waals surface area contributed by atoms with Crippen molar-refractivity contribution in [3.8, 4) is 22.5 Å². The van der Waals surface area contributed by atoms with Gasteiger partial charge >= 0.3 is 0 Å². The summed E-state index contributed by atoms with van der Waals surface area (Å²) in [6, 6.07) is 24.7. The maximum Gasteiger partial charge on any atom is 0.111 e. The number of hydrogen-bond donors (Lipinski definition) is 1. The fourth-order valence-corrected chi connectivity index (χ4v) is 2.82. The highest BCUT2D eigenvalue weighted by atomic mass is 14.9. The van der Waals surface area contributed by atoms with Crippen molar-refractivity contribution in [2.75, 3.05) is 0 Å². The van der Waals surface area contributed by atoms with Gasteiger partial charge < -0.3 is 4.98 Å². The fraction of sp³-hybridized carbons (Fsp3) is 0.0476. The molecule has 0 aliphatic carbocycles. The number of imidazole rings is 1. The normalized spacial score (nSPS) is 10.7. The Morgan fingerprint density at radius 1 is 0.708 bits per heavy atom. The molecule has 116 valence electrons. The third-order valence-corrected chi connectivity index (χ3v) is 3.98. The minimum absolute atomic E-state index is 0.759. The zero-order chi connectivity index (χ0) is 16.2. The van der Waals surface area contributed by atoms with Crippen molar-refractivity contribution in [1.82, 2.24) is 15.0 Å². The monoisotopic (exact) mass is 311 g/mol. The predicted molar refractivity (Wildman–Crippen MR) is 96.5 cm³/mol. The third kappa shape index (κ3) is 2.97. The maximum absolute atomic E-state index is 4.88. The van der Waals surface area contributed by atoms with Gasteiger partial charge in [-0.3, -0.25) is 4.98 Å². The van der Waals surface area contributed by atoms with E-state index in [1.165, 1.54) is 5.56 Å². The van der Waals surface area contributed by atoms with Crippen molar-refractivity contribution >= 4 is 0 Å². The van der Waals surface area contributed by atoms with Crippen molar-refractivity contribution in [2.45, 2.75) is 6.42 Å². The van der Waals surface area contributed by atoms with Gasteiger partial charge in [-0.1, -0.05) is 60.7 Å². The lowest BCUT2D eigenvalue weighted by molar-refractivity contribution is 1.02. The molecule has 0 atom stereocenters. The second kappa shape index (κ2) is 6.50. The van der Waals surface area contributed by atoms with Crippen molar-refractivity contribution in [3.05, 3.63) is 96.6 Å². The van der Waals surface area contributed by atoms with Gasteiger partial charge in [-0.05, 0) is 17.7 Å². The number of benzene rings is 2. The number of aromatic amines is 1. The van der Waals surface area contributed by atoms with E-state index >= 15 is 0 Å². The summed E-state index contributed by atoms with van der Waals surface area (Å²) in [5.74, 6) is 0.957. The van der Waals surface area contributed by atoms with E-state index in [0.717, 1.165) is 34.8 Å². The van der Waals surface area contributed by atoms with Crippen LogP contribution in [-0.2, 0) is 6.42 Å². The Labute approximate surface area is 141 Å². The largest absolute Gasteiger partial charge is 0.341 e. The SMILES string of the molecule is c1ccc(-c2nc(Cc3ccncc3)[nH]c2-c2ccccc2)cc1. The molecular formula is C21H17N3. The second-order valence-corrected chi connectivity index (χ2v) is 5.67.